The molecule has 1 aliphatic heterocycles. The monoisotopic (exact) mass is 571 g/mol. The smallest absolute Gasteiger partial charge is 0.267 e. The Morgan fingerprint density at radius 1 is 1.15 bits per heavy atom. The molecule has 1 N–H and O–H groups in total. The Kier molecular flexibility index (Phi) is 7.72. The van der Waals surface area contributed by atoms with Gasteiger partial charge in [0.15, 0.2) is 0 Å². The first-order chi connectivity index (χ1) is 19.6. The lowest BCUT2D eigenvalue weighted by atomic mass is 10.00. The molecule has 1 saturated heterocycles. The van der Waals surface area contributed by atoms with Crippen LogP contribution in [0.15, 0.2) is 65.8 Å². The Balaban J connectivity index is 1.37. The van der Waals surface area contributed by atoms with Gasteiger partial charge in [0.05, 0.1) is 36.5 Å². The third kappa shape index (κ3) is 6.36. The number of likely N-dealkylation sites (tertiary alicyclic amines) is 1. The van der Waals surface area contributed by atoms with Gasteiger partial charge < -0.3 is 9.64 Å². The summed E-state index contributed by atoms with van der Waals surface area (Å²) < 4.78 is 36.1. The van der Waals surface area contributed by atoms with E-state index in [0.717, 1.165) is 22.3 Å². The van der Waals surface area contributed by atoms with Gasteiger partial charge in [-0.1, -0.05) is 30.3 Å². The van der Waals surface area contributed by atoms with Crippen molar-refractivity contribution in [1.29, 1.82) is 5.26 Å². The van der Waals surface area contributed by atoms with Gasteiger partial charge in [-0.05, 0) is 42.7 Å². The minimum atomic E-state index is -3.99. The third-order valence-electron chi connectivity index (χ3n) is 6.88. The molecule has 11 nitrogen and oxygen atoms in total. The maximum absolute atomic E-state index is 13.0. The number of aryl methyl sites for hydroxylation is 3. The fourth-order valence-corrected chi connectivity index (χ4v) is 5.73. The Morgan fingerprint density at radius 3 is 2.54 bits per heavy atom. The predicted octanol–water partition coefficient (Wildman–Crippen LogP) is 3.39. The summed E-state index contributed by atoms with van der Waals surface area (Å²) in [6.45, 7) is 4.81. The number of anilines is 1. The van der Waals surface area contributed by atoms with Crippen molar-refractivity contribution in [2.24, 2.45) is 7.05 Å². The number of nitrogens with zero attached hydrogens (tertiary/aromatic N) is 6. The van der Waals surface area contributed by atoms with E-state index in [0.29, 0.717) is 30.8 Å². The van der Waals surface area contributed by atoms with E-state index in [2.05, 4.69) is 25.9 Å². The lowest BCUT2D eigenvalue weighted by molar-refractivity contribution is -0.129. The van der Waals surface area contributed by atoms with E-state index in [-0.39, 0.29) is 35.2 Å². The highest BCUT2D eigenvalue weighted by atomic mass is 32.2. The number of rotatable bonds is 8. The molecule has 0 aliphatic carbocycles. The summed E-state index contributed by atoms with van der Waals surface area (Å²) in [4.78, 5) is 23.5. The predicted molar refractivity (Wildman–Crippen MR) is 151 cm³/mol. The number of benzene rings is 2. The zero-order chi connectivity index (χ0) is 29.1. The summed E-state index contributed by atoms with van der Waals surface area (Å²) in [7, 11) is -2.37. The highest BCUT2D eigenvalue weighted by Crippen LogP contribution is 2.30. The number of ether oxygens (including phenoxy) is 1. The molecule has 0 radical (unpaired) electrons. The van der Waals surface area contributed by atoms with Gasteiger partial charge in [0, 0.05) is 37.8 Å². The number of hydrogen-bond acceptors (Lipinski definition) is 8. The van der Waals surface area contributed by atoms with Gasteiger partial charge in [-0.25, -0.2) is 18.1 Å². The van der Waals surface area contributed by atoms with Gasteiger partial charge in [0.25, 0.3) is 10.0 Å². The first-order valence-electron chi connectivity index (χ1n) is 13.0. The molecule has 3 heterocycles. The van der Waals surface area contributed by atoms with Crippen molar-refractivity contribution in [3.05, 3.63) is 83.2 Å². The standard InChI is InChI=1S/C29H29N7O4S/c1-19-5-4-6-20(2)28(19)25-14-26(33-29(32-25)34-41(38,39)24-16-31-35(3)18-24)40-23-11-12-36(17-23)27(37)13-21-7-9-22(15-30)10-8-21/h4-10,14,16,18,23H,11-13,17H2,1-3H3,(H,32,33,34). The third-order valence-corrected chi connectivity index (χ3v) is 8.16. The number of aromatic nitrogens is 4. The number of carbonyl (C=O) groups excluding carboxylic acids is 1. The Bertz CT molecular complexity index is 1720. The van der Waals surface area contributed by atoms with Gasteiger partial charge in [0.1, 0.15) is 11.0 Å². The van der Waals surface area contributed by atoms with Crippen LogP contribution in [0.3, 0.4) is 0 Å². The number of hydrogen-bond donors (Lipinski definition) is 1. The van der Waals surface area contributed by atoms with Crippen LogP contribution < -0.4 is 9.46 Å². The van der Waals surface area contributed by atoms with Crippen molar-refractivity contribution >= 4 is 21.9 Å². The number of amides is 1. The SMILES string of the molecule is Cc1cccc(C)c1-c1cc(OC2CCN(C(=O)Cc3ccc(C#N)cc3)C2)nc(NS(=O)(=O)c2cnn(C)c2)n1. The molecule has 4 aromatic rings. The van der Waals surface area contributed by atoms with Crippen LogP contribution in [0.1, 0.15) is 28.7 Å². The highest BCUT2D eigenvalue weighted by Gasteiger charge is 2.29. The van der Waals surface area contributed by atoms with Gasteiger partial charge >= 0.3 is 0 Å². The molecule has 1 amide bonds. The van der Waals surface area contributed by atoms with Crippen LogP contribution in [0.2, 0.25) is 0 Å². The molecule has 1 fully saturated rings. The van der Waals surface area contributed by atoms with Crippen LogP contribution in [-0.4, -0.2) is 58.2 Å². The van der Waals surface area contributed by atoms with Crippen molar-refractivity contribution in [3.63, 3.8) is 0 Å². The first-order valence-corrected chi connectivity index (χ1v) is 14.5. The summed E-state index contributed by atoms with van der Waals surface area (Å²) in [5, 5.41) is 12.9. The van der Waals surface area contributed by atoms with E-state index in [1.165, 1.54) is 17.1 Å². The zero-order valence-corrected chi connectivity index (χ0v) is 23.7. The van der Waals surface area contributed by atoms with Crippen LogP contribution in [-0.2, 0) is 28.3 Å². The second-order valence-corrected chi connectivity index (χ2v) is 11.7. The number of carbonyl (C=O) groups is 1. The van der Waals surface area contributed by atoms with E-state index < -0.39 is 10.0 Å². The maximum Gasteiger partial charge on any atom is 0.267 e. The molecule has 1 unspecified atom stereocenters. The summed E-state index contributed by atoms with van der Waals surface area (Å²) in [5.74, 6) is 0.0355. The van der Waals surface area contributed by atoms with E-state index in [4.69, 9.17) is 10.00 Å². The minimum absolute atomic E-state index is 0.0178. The number of nitrogens with one attached hydrogen (secondary N) is 1. The minimum Gasteiger partial charge on any atom is -0.472 e. The van der Waals surface area contributed by atoms with Gasteiger partial charge in [0.2, 0.25) is 17.7 Å². The maximum atomic E-state index is 13.0. The number of sulfonamides is 1. The molecular formula is C29H29N7O4S. The normalized spacial score (nSPS) is 15.0. The van der Waals surface area contributed by atoms with Crippen molar-refractivity contribution in [2.75, 3.05) is 17.8 Å². The summed E-state index contributed by atoms with van der Waals surface area (Å²) in [5.41, 5.74) is 4.68. The van der Waals surface area contributed by atoms with E-state index in [1.807, 2.05) is 32.0 Å². The Morgan fingerprint density at radius 2 is 1.88 bits per heavy atom. The van der Waals surface area contributed by atoms with Crippen LogP contribution in [0.4, 0.5) is 5.95 Å². The fraction of sp³-hybridized carbons (Fsp3) is 0.276. The van der Waals surface area contributed by atoms with Crippen LogP contribution in [0, 0.1) is 25.2 Å². The van der Waals surface area contributed by atoms with Crippen molar-refractivity contribution in [3.8, 4) is 23.2 Å². The zero-order valence-electron chi connectivity index (χ0n) is 22.9. The average molecular weight is 572 g/mol. The largest absolute Gasteiger partial charge is 0.472 e. The Labute approximate surface area is 238 Å². The molecule has 1 atom stereocenters. The van der Waals surface area contributed by atoms with Gasteiger partial charge in [-0.3, -0.25) is 9.48 Å². The van der Waals surface area contributed by atoms with E-state index in [9.17, 15) is 13.2 Å². The second kappa shape index (κ2) is 11.4. The molecule has 2 aromatic heterocycles. The van der Waals surface area contributed by atoms with Crippen LogP contribution >= 0.6 is 0 Å². The average Bonchev–Trinajstić information content (AvgIpc) is 3.58. The summed E-state index contributed by atoms with van der Waals surface area (Å²) >= 11 is 0. The molecular weight excluding hydrogens is 542 g/mol. The molecule has 0 bridgehead atoms. The molecule has 2 aromatic carbocycles. The van der Waals surface area contributed by atoms with Crippen molar-refractivity contribution in [2.45, 2.75) is 37.7 Å². The Hall–Kier alpha value is -4.76. The van der Waals surface area contributed by atoms with Crippen molar-refractivity contribution in [1.82, 2.24) is 24.6 Å². The van der Waals surface area contributed by atoms with Crippen LogP contribution in [0.5, 0.6) is 5.88 Å². The van der Waals surface area contributed by atoms with E-state index in [1.54, 1.807) is 42.3 Å². The van der Waals surface area contributed by atoms with E-state index >= 15 is 0 Å². The fourth-order valence-electron chi connectivity index (χ4n) is 4.80. The molecule has 5 rings (SSSR count). The number of nitriles is 1. The quantitative estimate of drug-likeness (QED) is 0.339. The van der Waals surface area contributed by atoms with Crippen LogP contribution in [0.25, 0.3) is 11.3 Å². The molecule has 0 saturated carbocycles. The lowest BCUT2D eigenvalue weighted by Gasteiger charge is -2.18. The highest BCUT2D eigenvalue weighted by molar-refractivity contribution is 7.92. The lowest BCUT2D eigenvalue weighted by Crippen LogP contribution is -2.32. The molecule has 210 valence electrons. The first kappa shape index (κ1) is 27.8. The summed E-state index contributed by atoms with van der Waals surface area (Å²) in [6, 6.07) is 16.6. The molecule has 12 heteroatoms. The second-order valence-electron chi connectivity index (χ2n) is 9.99. The van der Waals surface area contributed by atoms with Gasteiger partial charge in [-0.15, -0.1) is 0 Å². The van der Waals surface area contributed by atoms with Gasteiger partial charge in [-0.2, -0.15) is 15.3 Å². The molecule has 1 aliphatic rings. The molecule has 0 spiro atoms. The molecule has 41 heavy (non-hydrogen) atoms. The summed E-state index contributed by atoms with van der Waals surface area (Å²) in [6.07, 6.45) is 3.12. The van der Waals surface area contributed by atoms with Crippen molar-refractivity contribution < 1.29 is 17.9 Å². The topological polar surface area (TPSA) is 143 Å².